The van der Waals surface area contributed by atoms with E-state index in [1.807, 2.05) is 6.07 Å². The monoisotopic (exact) mass is 405 g/mol. The number of benzene rings is 1. The minimum absolute atomic E-state index is 0.0568. The predicted molar refractivity (Wildman–Crippen MR) is 108 cm³/mol. The number of nitrogens with zero attached hydrogens (tertiary/aromatic N) is 2. The molecule has 0 aliphatic carbocycles. The topological polar surface area (TPSA) is 69.7 Å². The van der Waals surface area contributed by atoms with Gasteiger partial charge in [-0.25, -0.2) is 8.42 Å². The van der Waals surface area contributed by atoms with Crippen LogP contribution in [0.2, 0.25) is 0 Å². The maximum absolute atomic E-state index is 12.9. The highest BCUT2D eigenvalue weighted by molar-refractivity contribution is 7.89. The van der Waals surface area contributed by atoms with Gasteiger partial charge in [-0.15, -0.1) is 0 Å². The van der Waals surface area contributed by atoms with Gasteiger partial charge in [0.25, 0.3) is 0 Å². The summed E-state index contributed by atoms with van der Waals surface area (Å²) in [4.78, 5) is 15.4. The van der Waals surface area contributed by atoms with E-state index in [1.165, 1.54) is 0 Å². The fraction of sp³-hybridized carbons (Fsp3) is 0.667. The average molecular weight is 406 g/mol. The Kier molecular flexibility index (Phi) is 5.27. The van der Waals surface area contributed by atoms with Crippen molar-refractivity contribution in [1.82, 2.24) is 14.5 Å². The van der Waals surface area contributed by atoms with Gasteiger partial charge in [0.05, 0.1) is 10.8 Å². The standard InChI is InChI=1S/C21H31N3O3S/c1-3-16(2)13-23-14-18-19(15-23)21(22-20(18)25)9-11-24(12-10-21)28(26,27)17-7-5-4-6-8-17/h4-8,16,18-19H,3,9-15H2,1-2H3,(H,22,25)/t16-,18+,19-/m0/s1. The number of piperidine rings is 1. The van der Waals surface area contributed by atoms with E-state index in [1.54, 1.807) is 28.6 Å². The molecule has 3 saturated heterocycles. The van der Waals surface area contributed by atoms with Gasteiger partial charge in [-0.3, -0.25) is 4.79 Å². The molecule has 0 bridgehead atoms. The Morgan fingerprint density at radius 2 is 1.86 bits per heavy atom. The second kappa shape index (κ2) is 7.43. The van der Waals surface area contributed by atoms with E-state index in [-0.39, 0.29) is 17.4 Å². The molecule has 1 amide bonds. The molecule has 3 heterocycles. The number of fused-ring (bicyclic) bond motifs is 2. The van der Waals surface area contributed by atoms with Crippen LogP contribution in [0.5, 0.6) is 0 Å². The normalized spacial score (nSPS) is 29.0. The highest BCUT2D eigenvalue weighted by Crippen LogP contribution is 2.44. The molecule has 3 aliphatic heterocycles. The molecule has 4 rings (SSSR count). The van der Waals surface area contributed by atoms with E-state index in [0.717, 1.165) is 26.1 Å². The number of amides is 1. The average Bonchev–Trinajstić information content (AvgIpc) is 3.22. The number of nitrogens with one attached hydrogen (secondary N) is 1. The summed E-state index contributed by atoms with van der Waals surface area (Å²) in [6.07, 6.45) is 2.54. The van der Waals surface area contributed by atoms with E-state index < -0.39 is 10.0 Å². The molecule has 28 heavy (non-hydrogen) atoms. The molecule has 154 valence electrons. The van der Waals surface area contributed by atoms with Crippen LogP contribution in [0.15, 0.2) is 35.2 Å². The summed E-state index contributed by atoms with van der Waals surface area (Å²) < 4.78 is 27.4. The maximum atomic E-state index is 12.9. The number of hydrogen-bond acceptors (Lipinski definition) is 4. The quantitative estimate of drug-likeness (QED) is 0.813. The third-order valence-corrected chi connectivity index (χ3v) is 8.99. The number of rotatable bonds is 5. The summed E-state index contributed by atoms with van der Waals surface area (Å²) in [6.45, 7) is 8.23. The molecule has 7 heteroatoms. The number of carbonyl (C=O) groups is 1. The Labute approximate surface area is 168 Å². The van der Waals surface area contributed by atoms with Crippen molar-refractivity contribution in [2.75, 3.05) is 32.7 Å². The van der Waals surface area contributed by atoms with Crippen LogP contribution >= 0.6 is 0 Å². The van der Waals surface area contributed by atoms with Gasteiger partial charge in [-0.05, 0) is 30.9 Å². The van der Waals surface area contributed by atoms with Gasteiger partial charge >= 0.3 is 0 Å². The van der Waals surface area contributed by atoms with E-state index in [4.69, 9.17) is 0 Å². The first-order valence-electron chi connectivity index (χ1n) is 10.5. The second-order valence-corrected chi connectivity index (χ2v) is 10.7. The SMILES string of the molecule is CC[C@H](C)CN1C[C@H]2C(=O)NC3(CCN(S(=O)(=O)c4ccccc4)CC3)[C@H]2C1. The van der Waals surface area contributed by atoms with Crippen molar-refractivity contribution < 1.29 is 13.2 Å². The predicted octanol–water partition coefficient (Wildman–Crippen LogP) is 1.93. The Morgan fingerprint density at radius 1 is 1.18 bits per heavy atom. The minimum Gasteiger partial charge on any atom is -0.350 e. The number of likely N-dealkylation sites (tertiary alicyclic amines) is 1. The number of hydrogen-bond donors (Lipinski definition) is 1. The van der Waals surface area contributed by atoms with Crippen molar-refractivity contribution in [3.05, 3.63) is 30.3 Å². The van der Waals surface area contributed by atoms with E-state index in [2.05, 4.69) is 24.1 Å². The Balaban J connectivity index is 1.46. The summed E-state index contributed by atoms with van der Waals surface area (Å²) in [5.74, 6) is 1.15. The minimum atomic E-state index is -3.46. The van der Waals surface area contributed by atoms with Gasteiger partial charge in [0.15, 0.2) is 0 Å². The fourth-order valence-electron chi connectivity index (χ4n) is 5.22. The third kappa shape index (κ3) is 3.37. The highest BCUT2D eigenvalue weighted by Gasteiger charge is 2.57. The molecule has 0 saturated carbocycles. The molecular formula is C21H31N3O3S. The van der Waals surface area contributed by atoms with Crippen LogP contribution in [0.4, 0.5) is 0 Å². The Morgan fingerprint density at radius 3 is 2.50 bits per heavy atom. The molecule has 0 radical (unpaired) electrons. The molecular weight excluding hydrogens is 374 g/mol. The summed E-state index contributed by atoms with van der Waals surface area (Å²) in [5.41, 5.74) is -0.241. The van der Waals surface area contributed by atoms with Gasteiger partial charge in [0.1, 0.15) is 0 Å². The molecule has 0 unspecified atom stereocenters. The molecule has 0 aromatic heterocycles. The van der Waals surface area contributed by atoms with Crippen molar-refractivity contribution >= 4 is 15.9 Å². The first-order chi connectivity index (χ1) is 13.4. The maximum Gasteiger partial charge on any atom is 0.243 e. The molecule has 3 aliphatic rings. The van der Waals surface area contributed by atoms with Crippen LogP contribution in [0.3, 0.4) is 0 Å². The second-order valence-electron chi connectivity index (χ2n) is 8.81. The lowest BCUT2D eigenvalue weighted by atomic mass is 9.76. The lowest BCUT2D eigenvalue weighted by Crippen LogP contribution is -2.56. The van der Waals surface area contributed by atoms with Crippen LogP contribution < -0.4 is 5.32 Å². The zero-order valence-corrected chi connectivity index (χ0v) is 17.6. The van der Waals surface area contributed by atoms with Gasteiger partial charge in [0.2, 0.25) is 15.9 Å². The molecule has 3 fully saturated rings. The van der Waals surface area contributed by atoms with Gasteiger partial charge in [-0.1, -0.05) is 38.5 Å². The highest BCUT2D eigenvalue weighted by atomic mass is 32.2. The van der Waals surface area contributed by atoms with Crippen molar-refractivity contribution in [2.24, 2.45) is 17.8 Å². The summed E-state index contributed by atoms with van der Waals surface area (Å²) in [6, 6.07) is 8.63. The van der Waals surface area contributed by atoms with Crippen LogP contribution in [-0.2, 0) is 14.8 Å². The lowest BCUT2D eigenvalue weighted by molar-refractivity contribution is -0.123. The largest absolute Gasteiger partial charge is 0.350 e. The molecule has 1 N–H and O–H groups in total. The third-order valence-electron chi connectivity index (χ3n) is 7.08. The zero-order valence-electron chi connectivity index (χ0n) is 16.8. The van der Waals surface area contributed by atoms with Gasteiger partial charge in [0, 0.05) is 44.2 Å². The van der Waals surface area contributed by atoms with Crippen LogP contribution in [-0.4, -0.2) is 61.8 Å². The molecule has 3 atom stereocenters. The molecule has 1 aromatic carbocycles. The van der Waals surface area contributed by atoms with Crippen LogP contribution in [0, 0.1) is 17.8 Å². The van der Waals surface area contributed by atoms with Crippen LogP contribution in [0.1, 0.15) is 33.1 Å². The number of carbonyl (C=O) groups excluding carboxylic acids is 1. The van der Waals surface area contributed by atoms with E-state index in [9.17, 15) is 13.2 Å². The van der Waals surface area contributed by atoms with Crippen molar-refractivity contribution in [3.8, 4) is 0 Å². The van der Waals surface area contributed by atoms with Crippen molar-refractivity contribution in [3.63, 3.8) is 0 Å². The Bertz CT molecular complexity index is 819. The van der Waals surface area contributed by atoms with Gasteiger partial charge in [-0.2, -0.15) is 4.31 Å². The van der Waals surface area contributed by atoms with Gasteiger partial charge < -0.3 is 10.2 Å². The zero-order chi connectivity index (χ0) is 19.9. The fourth-order valence-corrected chi connectivity index (χ4v) is 6.69. The van der Waals surface area contributed by atoms with Crippen LogP contribution in [0.25, 0.3) is 0 Å². The molecule has 1 aromatic rings. The first kappa shape index (κ1) is 19.9. The molecule has 1 spiro atoms. The van der Waals surface area contributed by atoms with E-state index in [0.29, 0.717) is 42.7 Å². The summed E-state index contributed by atoms with van der Waals surface area (Å²) >= 11 is 0. The molecule has 6 nitrogen and oxygen atoms in total. The summed E-state index contributed by atoms with van der Waals surface area (Å²) in [7, 11) is -3.46. The smallest absolute Gasteiger partial charge is 0.243 e. The summed E-state index contributed by atoms with van der Waals surface area (Å²) in [5, 5.41) is 3.28. The van der Waals surface area contributed by atoms with Crippen molar-refractivity contribution in [1.29, 1.82) is 0 Å². The van der Waals surface area contributed by atoms with Crippen molar-refractivity contribution in [2.45, 2.75) is 43.5 Å². The number of sulfonamides is 1. The van der Waals surface area contributed by atoms with E-state index >= 15 is 0 Å². The lowest BCUT2D eigenvalue weighted by Gasteiger charge is -2.42. The first-order valence-corrected chi connectivity index (χ1v) is 11.9. The Hall–Kier alpha value is -1.44.